The molecule has 1 aromatic rings. The molecule has 100 valence electrons. The van der Waals surface area contributed by atoms with Crippen LogP contribution in [0.1, 0.15) is 6.92 Å². The van der Waals surface area contributed by atoms with Gasteiger partial charge in [-0.1, -0.05) is 19.1 Å². The quantitative estimate of drug-likeness (QED) is 0.831. The minimum atomic E-state index is -4.07. The van der Waals surface area contributed by atoms with Crippen LogP contribution in [0.5, 0.6) is 0 Å². The van der Waals surface area contributed by atoms with Crippen LogP contribution in [0, 0.1) is 11.6 Å². The van der Waals surface area contributed by atoms with Crippen molar-refractivity contribution >= 4 is 27.2 Å². The molecule has 1 aromatic carbocycles. The normalized spacial score (nSPS) is 11.8. The maximum atomic E-state index is 13.5. The number of nitrogens with zero attached hydrogens (tertiary/aromatic N) is 1. The first kappa shape index (κ1) is 14.9. The molecule has 0 radical (unpaired) electrons. The van der Waals surface area contributed by atoms with Gasteiger partial charge in [0, 0.05) is 12.6 Å². The van der Waals surface area contributed by atoms with Gasteiger partial charge in [-0.25, -0.2) is 17.2 Å². The fourth-order valence-corrected chi connectivity index (χ4v) is 3.07. The predicted octanol–water partition coefficient (Wildman–Crippen LogP) is 1.26. The third-order valence-electron chi connectivity index (χ3n) is 2.20. The number of hydrogen-bond donors (Lipinski definition) is 1. The Morgan fingerprint density at radius 3 is 2.50 bits per heavy atom. The predicted molar refractivity (Wildman–Crippen MR) is 67.6 cm³/mol. The number of rotatable bonds is 5. The average molecular weight is 294 g/mol. The molecule has 8 heteroatoms. The number of likely N-dealkylation sites (N-methyl/N-ethyl adjacent to an activating group) is 1. The van der Waals surface area contributed by atoms with E-state index in [4.69, 9.17) is 5.73 Å². The number of benzene rings is 1. The monoisotopic (exact) mass is 294 g/mol. The lowest BCUT2D eigenvalue weighted by molar-refractivity contribution is 0.460. The number of sulfonamides is 1. The minimum Gasteiger partial charge on any atom is -0.392 e. The highest BCUT2D eigenvalue weighted by Gasteiger charge is 2.26. The Bertz CT molecular complexity index is 561. The Balaban J connectivity index is 3.23. The summed E-state index contributed by atoms with van der Waals surface area (Å²) in [6, 6.07) is 2.27. The first-order valence-electron chi connectivity index (χ1n) is 5.02. The second kappa shape index (κ2) is 5.68. The number of halogens is 2. The van der Waals surface area contributed by atoms with Gasteiger partial charge >= 0.3 is 0 Å². The highest BCUT2D eigenvalue weighted by atomic mass is 32.2. The summed E-state index contributed by atoms with van der Waals surface area (Å²) in [5, 5.41) is 0. The van der Waals surface area contributed by atoms with Crippen LogP contribution in [-0.4, -0.2) is 30.8 Å². The van der Waals surface area contributed by atoms with Crippen LogP contribution in [0.3, 0.4) is 0 Å². The smallest absolute Gasteiger partial charge is 0.246 e. The highest BCUT2D eigenvalue weighted by molar-refractivity contribution is 7.89. The molecule has 0 bridgehead atoms. The van der Waals surface area contributed by atoms with E-state index >= 15 is 0 Å². The third-order valence-corrected chi connectivity index (χ3v) is 4.28. The van der Waals surface area contributed by atoms with Crippen LogP contribution in [0.15, 0.2) is 23.1 Å². The second-order valence-corrected chi connectivity index (χ2v) is 5.90. The summed E-state index contributed by atoms with van der Waals surface area (Å²) in [6.07, 6.45) is 0. The van der Waals surface area contributed by atoms with Gasteiger partial charge in [0.25, 0.3) is 0 Å². The molecule has 2 N–H and O–H groups in total. The summed E-state index contributed by atoms with van der Waals surface area (Å²) < 4.78 is 51.3. The van der Waals surface area contributed by atoms with Crippen molar-refractivity contribution in [1.82, 2.24) is 4.31 Å². The van der Waals surface area contributed by atoms with Gasteiger partial charge in [-0.05, 0) is 12.1 Å². The van der Waals surface area contributed by atoms with E-state index in [-0.39, 0.29) is 18.1 Å². The molecule has 18 heavy (non-hydrogen) atoms. The molecule has 0 unspecified atom stereocenters. The summed E-state index contributed by atoms with van der Waals surface area (Å²) in [5.74, 6) is -1.99. The fraction of sp³-hybridized carbons (Fsp3) is 0.300. The molecule has 4 nitrogen and oxygen atoms in total. The number of nitrogens with two attached hydrogens (primary N) is 1. The molecule has 0 aromatic heterocycles. The maximum Gasteiger partial charge on any atom is 0.246 e. The van der Waals surface area contributed by atoms with E-state index in [0.29, 0.717) is 6.07 Å². The van der Waals surface area contributed by atoms with Gasteiger partial charge in [-0.3, -0.25) is 0 Å². The topological polar surface area (TPSA) is 63.4 Å². The van der Waals surface area contributed by atoms with Crippen LogP contribution in [0.4, 0.5) is 8.78 Å². The fourth-order valence-electron chi connectivity index (χ4n) is 1.36. The summed E-state index contributed by atoms with van der Waals surface area (Å²) in [7, 11) is -4.07. The van der Waals surface area contributed by atoms with Gasteiger partial charge < -0.3 is 5.73 Å². The second-order valence-electron chi connectivity index (χ2n) is 3.47. The standard InChI is InChI=1S/C10H12F2N2O2S2/c1-2-14(6-10(13)17)18(15,16)9-4-3-7(11)5-8(9)12/h3-5H,2,6H2,1H3,(H2,13,17). The molecule has 0 atom stereocenters. The van der Waals surface area contributed by atoms with Crippen LogP contribution < -0.4 is 5.73 Å². The summed E-state index contributed by atoms with van der Waals surface area (Å²) >= 11 is 4.63. The average Bonchev–Trinajstić information content (AvgIpc) is 2.24. The molecular weight excluding hydrogens is 282 g/mol. The van der Waals surface area contributed by atoms with Gasteiger partial charge in [0.2, 0.25) is 10.0 Å². The Morgan fingerprint density at radius 1 is 1.44 bits per heavy atom. The van der Waals surface area contributed by atoms with Gasteiger partial charge in [-0.15, -0.1) is 0 Å². The van der Waals surface area contributed by atoms with Gasteiger partial charge in [0.1, 0.15) is 16.5 Å². The molecule has 0 amide bonds. The van der Waals surface area contributed by atoms with Gasteiger partial charge in [0.05, 0.1) is 11.5 Å². The van der Waals surface area contributed by atoms with Crippen LogP contribution in [0.25, 0.3) is 0 Å². The lowest BCUT2D eigenvalue weighted by Gasteiger charge is -2.19. The van der Waals surface area contributed by atoms with Gasteiger partial charge in [-0.2, -0.15) is 4.31 Å². The minimum absolute atomic E-state index is 0.0251. The van der Waals surface area contributed by atoms with Crippen molar-refractivity contribution in [1.29, 1.82) is 0 Å². The number of hydrogen-bond acceptors (Lipinski definition) is 3. The Kier molecular flexibility index (Phi) is 4.71. The zero-order chi connectivity index (χ0) is 13.9. The van der Waals surface area contributed by atoms with Crippen LogP contribution in [-0.2, 0) is 10.0 Å². The van der Waals surface area contributed by atoms with Crippen molar-refractivity contribution in [3.63, 3.8) is 0 Å². The van der Waals surface area contributed by atoms with Crippen LogP contribution >= 0.6 is 12.2 Å². The largest absolute Gasteiger partial charge is 0.392 e. The molecule has 0 aliphatic rings. The molecule has 0 saturated heterocycles. The van der Waals surface area contributed by atoms with Crippen molar-refractivity contribution in [2.24, 2.45) is 5.73 Å². The summed E-state index contributed by atoms with van der Waals surface area (Å²) in [5.41, 5.74) is 5.28. The zero-order valence-corrected chi connectivity index (χ0v) is 11.2. The van der Waals surface area contributed by atoms with Crippen molar-refractivity contribution in [2.45, 2.75) is 11.8 Å². The lowest BCUT2D eigenvalue weighted by Crippen LogP contribution is -2.37. The molecule has 0 aliphatic heterocycles. The summed E-state index contributed by atoms with van der Waals surface area (Å²) in [6.45, 7) is 1.46. The van der Waals surface area contributed by atoms with E-state index in [2.05, 4.69) is 12.2 Å². The molecule has 0 spiro atoms. The Hall–Kier alpha value is -1.12. The van der Waals surface area contributed by atoms with Crippen molar-refractivity contribution < 1.29 is 17.2 Å². The zero-order valence-electron chi connectivity index (χ0n) is 9.56. The van der Waals surface area contributed by atoms with E-state index < -0.39 is 26.6 Å². The van der Waals surface area contributed by atoms with E-state index in [9.17, 15) is 17.2 Å². The molecule has 0 heterocycles. The number of thiocarbonyl (C=S) groups is 1. The molecule has 1 rings (SSSR count). The SMILES string of the molecule is CCN(CC(N)=S)S(=O)(=O)c1ccc(F)cc1F. The van der Waals surface area contributed by atoms with Crippen LogP contribution in [0.2, 0.25) is 0 Å². The van der Waals surface area contributed by atoms with Crippen molar-refractivity contribution in [3.05, 3.63) is 29.8 Å². The highest BCUT2D eigenvalue weighted by Crippen LogP contribution is 2.19. The lowest BCUT2D eigenvalue weighted by atomic mass is 10.3. The Morgan fingerprint density at radius 2 is 2.06 bits per heavy atom. The molecule has 0 aliphatic carbocycles. The molecular formula is C10H12F2N2O2S2. The van der Waals surface area contributed by atoms with E-state index in [1.54, 1.807) is 6.92 Å². The Labute approximate surface area is 109 Å². The van der Waals surface area contributed by atoms with Gasteiger partial charge in [0.15, 0.2) is 0 Å². The van der Waals surface area contributed by atoms with E-state index in [0.717, 1.165) is 16.4 Å². The first-order valence-corrected chi connectivity index (χ1v) is 6.87. The summed E-state index contributed by atoms with van der Waals surface area (Å²) in [4.78, 5) is -0.620. The third kappa shape index (κ3) is 3.21. The van der Waals surface area contributed by atoms with E-state index in [1.807, 2.05) is 0 Å². The first-order chi connectivity index (χ1) is 8.28. The van der Waals surface area contributed by atoms with Crippen molar-refractivity contribution in [2.75, 3.05) is 13.1 Å². The molecule has 0 saturated carbocycles. The molecule has 0 fully saturated rings. The van der Waals surface area contributed by atoms with Crippen molar-refractivity contribution in [3.8, 4) is 0 Å². The van der Waals surface area contributed by atoms with E-state index in [1.165, 1.54) is 0 Å². The maximum absolute atomic E-state index is 13.5.